The highest BCUT2D eigenvalue weighted by Gasteiger charge is 2.05. The second-order valence-corrected chi connectivity index (χ2v) is 1.73. The van der Waals surface area contributed by atoms with E-state index in [-0.39, 0.29) is 0 Å². The molecule has 1 aliphatic heterocycles. The molecule has 0 aliphatic carbocycles. The summed E-state index contributed by atoms with van der Waals surface area (Å²) in [5, 5.41) is 3.04. The van der Waals surface area contributed by atoms with Crippen LogP contribution >= 0.6 is 0 Å². The van der Waals surface area contributed by atoms with Crippen molar-refractivity contribution in [1.82, 2.24) is 10.7 Å². The van der Waals surface area contributed by atoms with E-state index in [0.717, 1.165) is 25.5 Å². The van der Waals surface area contributed by atoms with Gasteiger partial charge in [-0.2, -0.15) is 5.84 Å². The minimum absolute atomic E-state index is 0.830. The maximum absolute atomic E-state index is 5.09. The average molecular weight is 115 g/mol. The Hall–Kier alpha value is -0.770. The summed E-state index contributed by atoms with van der Waals surface area (Å²) in [6, 6.07) is 0. The first-order valence-electron chi connectivity index (χ1n) is 2.75. The first kappa shape index (κ1) is 5.37. The molecule has 0 amide bonds. The standard InChI is InChI=1S/C4H10N4/c5-8-4-6-2-1-3-7-4/h1-3,5H2,(H2,6,7,8)/p+1. The molecule has 0 atom stereocenters. The van der Waals surface area contributed by atoms with Crippen LogP contribution in [0.4, 0.5) is 0 Å². The SMILES string of the molecule is NNC1=[NH+]CCCN1. The summed E-state index contributed by atoms with van der Waals surface area (Å²) in [6.45, 7) is 2.01. The van der Waals surface area contributed by atoms with Gasteiger partial charge in [0, 0.05) is 6.42 Å². The molecule has 1 aliphatic rings. The molecule has 0 radical (unpaired) electrons. The molecule has 46 valence electrons. The Bertz CT molecular complexity index is 98.2. The Morgan fingerprint density at radius 1 is 1.75 bits per heavy atom. The smallest absolute Gasteiger partial charge is 0.277 e. The first-order valence-corrected chi connectivity index (χ1v) is 2.75. The van der Waals surface area contributed by atoms with Crippen LogP contribution in [0.5, 0.6) is 0 Å². The summed E-state index contributed by atoms with van der Waals surface area (Å²) in [4.78, 5) is 3.04. The van der Waals surface area contributed by atoms with E-state index in [1.54, 1.807) is 0 Å². The second-order valence-electron chi connectivity index (χ2n) is 1.73. The Morgan fingerprint density at radius 2 is 2.62 bits per heavy atom. The van der Waals surface area contributed by atoms with Gasteiger partial charge in [-0.1, -0.05) is 0 Å². The van der Waals surface area contributed by atoms with Crippen LogP contribution in [-0.4, -0.2) is 19.0 Å². The lowest BCUT2D eigenvalue weighted by Gasteiger charge is -2.05. The highest BCUT2D eigenvalue weighted by Crippen LogP contribution is 1.68. The molecule has 0 spiro atoms. The largest absolute Gasteiger partial charge is 0.360 e. The van der Waals surface area contributed by atoms with Crippen molar-refractivity contribution in [2.24, 2.45) is 5.84 Å². The lowest BCUT2D eigenvalue weighted by Crippen LogP contribution is -2.82. The zero-order chi connectivity index (χ0) is 5.82. The van der Waals surface area contributed by atoms with Gasteiger partial charge in [-0.25, -0.2) is 5.43 Å². The monoisotopic (exact) mass is 115 g/mol. The summed E-state index contributed by atoms with van der Waals surface area (Å²) >= 11 is 0. The third-order valence-electron chi connectivity index (χ3n) is 1.10. The Balaban J connectivity index is 2.37. The van der Waals surface area contributed by atoms with Gasteiger partial charge >= 0.3 is 5.96 Å². The zero-order valence-corrected chi connectivity index (χ0v) is 4.70. The quantitative estimate of drug-likeness (QED) is 0.199. The van der Waals surface area contributed by atoms with Crippen LogP contribution in [0.2, 0.25) is 0 Å². The number of hydrazine groups is 1. The van der Waals surface area contributed by atoms with Gasteiger partial charge in [-0.3, -0.25) is 10.3 Å². The third-order valence-corrected chi connectivity index (χ3v) is 1.10. The van der Waals surface area contributed by atoms with Crippen molar-refractivity contribution in [3.8, 4) is 0 Å². The van der Waals surface area contributed by atoms with Gasteiger partial charge in [-0.05, 0) is 0 Å². The van der Waals surface area contributed by atoms with E-state index in [0.29, 0.717) is 0 Å². The van der Waals surface area contributed by atoms with Gasteiger partial charge in [0.05, 0.1) is 13.1 Å². The third kappa shape index (κ3) is 1.10. The minimum atomic E-state index is 0.830. The minimum Gasteiger partial charge on any atom is -0.277 e. The van der Waals surface area contributed by atoms with E-state index in [4.69, 9.17) is 5.84 Å². The van der Waals surface area contributed by atoms with Crippen molar-refractivity contribution in [3.05, 3.63) is 0 Å². The lowest BCUT2D eigenvalue weighted by molar-refractivity contribution is -0.466. The fourth-order valence-electron chi connectivity index (χ4n) is 0.680. The topological polar surface area (TPSA) is 64.0 Å². The van der Waals surface area contributed by atoms with Crippen LogP contribution in [0.25, 0.3) is 0 Å². The van der Waals surface area contributed by atoms with Crippen LogP contribution in [0.15, 0.2) is 0 Å². The van der Waals surface area contributed by atoms with Crippen molar-refractivity contribution >= 4 is 5.96 Å². The number of hydrogen-bond acceptors (Lipinski definition) is 3. The number of nitrogens with two attached hydrogens (primary N) is 1. The molecule has 0 saturated carbocycles. The molecule has 1 heterocycles. The van der Waals surface area contributed by atoms with Gasteiger partial charge in [0.25, 0.3) is 0 Å². The zero-order valence-electron chi connectivity index (χ0n) is 4.70. The van der Waals surface area contributed by atoms with Crippen LogP contribution in [0.3, 0.4) is 0 Å². The molecule has 0 aromatic carbocycles. The van der Waals surface area contributed by atoms with Crippen LogP contribution < -0.4 is 21.6 Å². The molecule has 0 aromatic rings. The maximum Gasteiger partial charge on any atom is 0.360 e. The van der Waals surface area contributed by atoms with E-state index in [2.05, 4.69) is 15.7 Å². The lowest BCUT2D eigenvalue weighted by atomic mass is 10.4. The van der Waals surface area contributed by atoms with E-state index in [9.17, 15) is 0 Å². The number of rotatable bonds is 0. The van der Waals surface area contributed by atoms with Crippen molar-refractivity contribution in [1.29, 1.82) is 0 Å². The van der Waals surface area contributed by atoms with Crippen molar-refractivity contribution in [3.63, 3.8) is 0 Å². The molecule has 4 heteroatoms. The molecule has 0 saturated heterocycles. The van der Waals surface area contributed by atoms with Crippen LogP contribution in [0, 0.1) is 0 Å². The average Bonchev–Trinajstić information content (AvgIpc) is 1.90. The van der Waals surface area contributed by atoms with Crippen molar-refractivity contribution < 1.29 is 4.99 Å². The summed E-state index contributed by atoms with van der Waals surface area (Å²) in [5.41, 5.74) is 2.50. The van der Waals surface area contributed by atoms with Crippen LogP contribution in [-0.2, 0) is 0 Å². The first-order chi connectivity index (χ1) is 3.93. The number of nitrogens with one attached hydrogen (secondary N) is 3. The van der Waals surface area contributed by atoms with E-state index in [1.165, 1.54) is 0 Å². The second kappa shape index (κ2) is 2.52. The van der Waals surface area contributed by atoms with Gasteiger partial charge in [0.2, 0.25) is 0 Å². The van der Waals surface area contributed by atoms with Gasteiger partial charge in [0.15, 0.2) is 0 Å². The summed E-state index contributed by atoms with van der Waals surface area (Å²) in [7, 11) is 0. The summed E-state index contributed by atoms with van der Waals surface area (Å²) < 4.78 is 0. The van der Waals surface area contributed by atoms with Gasteiger partial charge in [0.1, 0.15) is 0 Å². The molecule has 1 rings (SSSR count). The maximum atomic E-state index is 5.09. The van der Waals surface area contributed by atoms with E-state index >= 15 is 0 Å². The molecule has 0 unspecified atom stereocenters. The van der Waals surface area contributed by atoms with E-state index < -0.39 is 0 Å². The van der Waals surface area contributed by atoms with Crippen LogP contribution in [0.1, 0.15) is 6.42 Å². The van der Waals surface area contributed by atoms with Crippen molar-refractivity contribution in [2.75, 3.05) is 13.1 Å². The molecular weight excluding hydrogens is 104 g/mol. The molecule has 0 aromatic heterocycles. The normalized spacial score (nSPS) is 18.9. The molecule has 0 bridgehead atoms. The predicted molar refractivity (Wildman–Crippen MR) is 30.8 cm³/mol. The molecule has 8 heavy (non-hydrogen) atoms. The number of guanidine groups is 1. The summed E-state index contributed by atoms with van der Waals surface area (Å²) in [5.74, 6) is 5.92. The van der Waals surface area contributed by atoms with E-state index in [1.807, 2.05) is 0 Å². The fourth-order valence-corrected chi connectivity index (χ4v) is 0.680. The Morgan fingerprint density at radius 3 is 3.00 bits per heavy atom. The molecular formula is C4H11N4+. The van der Waals surface area contributed by atoms with Gasteiger partial charge < -0.3 is 0 Å². The highest BCUT2D eigenvalue weighted by atomic mass is 15.3. The molecule has 0 fully saturated rings. The Kier molecular flexibility index (Phi) is 1.69. The highest BCUT2D eigenvalue weighted by molar-refractivity contribution is 5.73. The molecule has 5 N–H and O–H groups in total. The molecule has 4 nitrogen and oxygen atoms in total. The van der Waals surface area contributed by atoms with Crippen molar-refractivity contribution in [2.45, 2.75) is 6.42 Å². The van der Waals surface area contributed by atoms with Gasteiger partial charge in [-0.15, -0.1) is 0 Å². The fraction of sp³-hybridized carbons (Fsp3) is 0.750. The predicted octanol–water partition coefficient (Wildman–Crippen LogP) is -3.12. The Labute approximate surface area is 48.1 Å². The summed E-state index contributed by atoms with van der Waals surface area (Å²) in [6.07, 6.45) is 1.16. The number of hydrogen-bond donors (Lipinski definition) is 4.